The highest BCUT2D eigenvalue weighted by molar-refractivity contribution is 5.88. The van der Waals surface area contributed by atoms with Gasteiger partial charge < -0.3 is 15.9 Å². The molecule has 100 valence electrons. The Kier molecular flexibility index (Phi) is 4.53. The molecular formula is C12H15ClFNO3. The summed E-state index contributed by atoms with van der Waals surface area (Å²) in [5.41, 5.74) is 5.92. The van der Waals surface area contributed by atoms with Crippen molar-refractivity contribution >= 4 is 18.4 Å². The predicted molar refractivity (Wildman–Crippen MR) is 66.5 cm³/mol. The van der Waals surface area contributed by atoms with Crippen LogP contribution in [0.4, 0.5) is 4.39 Å². The van der Waals surface area contributed by atoms with Crippen LogP contribution in [0, 0.1) is 11.7 Å². The monoisotopic (exact) mass is 275 g/mol. The minimum absolute atomic E-state index is 0. The Labute approximate surface area is 110 Å². The largest absolute Gasteiger partial charge is 0.505 e. The lowest BCUT2D eigenvalue weighted by Crippen LogP contribution is -2.27. The van der Waals surface area contributed by atoms with E-state index in [0.717, 1.165) is 25.3 Å². The fraction of sp³-hybridized carbons (Fsp3) is 0.417. The van der Waals surface area contributed by atoms with E-state index in [2.05, 4.69) is 0 Å². The summed E-state index contributed by atoms with van der Waals surface area (Å²) in [6.07, 6.45) is 2.93. The summed E-state index contributed by atoms with van der Waals surface area (Å²) < 4.78 is 13.4. The summed E-state index contributed by atoms with van der Waals surface area (Å²) >= 11 is 0. The molecule has 2 rings (SSSR count). The van der Waals surface area contributed by atoms with E-state index in [9.17, 15) is 14.3 Å². The average Bonchev–Trinajstić information content (AvgIpc) is 2.18. The van der Waals surface area contributed by atoms with Crippen molar-refractivity contribution in [3.63, 3.8) is 0 Å². The van der Waals surface area contributed by atoms with Crippen LogP contribution >= 0.6 is 12.4 Å². The first-order valence-corrected chi connectivity index (χ1v) is 5.52. The van der Waals surface area contributed by atoms with Crippen LogP contribution < -0.4 is 5.73 Å². The first-order valence-electron chi connectivity index (χ1n) is 5.52. The first-order chi connectivity index (χ1) is 8.00. The summed E-state index contributed by atoms with van der Waals surface area (Å²) in [6, 6.07) is 1.55. The summed E-state index contributed by atoms with van der Waals surface area (Å²) in [4.78, 5) is 10.8. The Morgan fingerprint density at radius 2 is 2.06 bits per heavy atom. The molecule has 18 heavy (non-hydrogen) atoms. The molecule has 4 N–H and O–H groups in total. The third-order valence-corrected chi connectivity index (χ3v) is 3.36. The maximum Gasteiger partial charge on any atom is 0.335 e. The van der Waals surface area contributed by atoms with Crippen LogP contribution in [0.3, 0.4) is 0 Å². The molecule has 1 aliphatic carbocycles. The van der Waals surface area contributed by atoms with Crippen LogP contribution in [-0.2, 0) is 0 Å². The average molecular weight is 276 g/mol. The second-order valence-electron chi connectivity index (χ2n) is 4.42. The number of nitrogens with two attached hydrogens (primary N) is 1. The van der Waals surface area contributed by atoms with Gasteiger partial charge in [-0.3, -0.25) is 0 Å². The Hall–Kier alpha value is -1.33. The molecule has 4 nitrogen and oxygen atoms in total. The van der Waals surface area contributed by atoms with E-state index in [-0.39, 0.29) is 29.5 Å². The number of halogens is 2. The molecule has 0 amide bonds. The summed E-state index contributed by atoms with van der Waals surface area (Å²) in [7, 11) is 0. The standard InChI is InChI=1S/C12H14FNO3.ClH/c13-9-5-7(12(16)17)4-8(11(9)15)10(14)6-2-1-3-6;/h4-6,10,15H,1-3,14H2,(H,16,17);1H/t10-;/m1./s1. The van der Waals surface area contributed by atoms with Crippen molar-refractivity contribution < 1.29 is 19.4 Å². The lowest BCUT2D eigenvalue weighted by Gasteiger charge is -2.31. The number of aromatic hydroxyl groups is 1. The minimum atomic E-state index is -1.23. The SMILES string of the molecule is Cl.N[C@@H](c1cc(C(=O)O)cc(F)c1O)C1CCC1. The summed E-state index contributed by atoms with van der Waals surface area (Å²) in [5.74, 6) is -2.50. The van der Waals surface area contributed by atoms with E-state index in [0.29, 0.717) is 0 Å². The van der Waals surface area contributed by atoms with E-state index < -0.39 is 23.6 Å². The molecule has 6 heteroatoms. The van der Waals surface area contributed by atoms with Crippen LogP contribution in [0.5, 0.6) is 5.75 Å². The van der Waals surface area contributed by atoms with E-state index in [1.165, 1.54) is 6.07 Å². The number of benzene rings is 1. The van der Waals surface area contributed by atoms with Crippen molar-refractivity contribution in [2.75, 3.05) is 0 Å². The molecule has 0 bridgehead atoms. The topological polar surface area (TPSA) is 83.6 Å². The second kappa shape index (κ2) is 5.54. The molecule has 0 saturated heterocycles. The van der Waals surface area contributed by atoms with Crippen molar-refractivity contribution in [1.82, 2.24) is 0 Å². The predicted octanol–water partition coefficient (Wildman–Crippen LogP) is 2.45. The maximum absolute atomic E-state index is 13.4. The number of hydrogen-bond donors (Lipinski definition) is 3. The van der Waals surface area contributed by atoms with E-state index in [1.54, 1.807) is 0 Å². The van der Waals surface area contributed by atoms with Gasteiger partial charge in [0.1, 0.15) is 0 Å². The van der Waals surface area contributed by atoms with Crippen molar-refractivity contribution in [2.45, 2.75) is 25.3 Å². The third kappa shape index (κ3) is 2.57. The number of phenols is 1. The molecule has 0 unspecified atom stereocenters. The van der Waals surface area contributed by atoms with Gasteiger partial charge in [-0.05, 0) is 30.9 Å². The van der Waals surface area contributed by atoms with Crippen molar-refractivity contribution in [1.29, 1.82) is 0 Å². The zero-order valence-corrected chi connectivity index (χ0v) is 10.4. The molecule has 0 aromatic heterocycles. The number of rotatable bonds is 3. The molecule has 0 heterocycles. The number of carbonyl (C=O) groups is 1. The maximum atomic E-state index is 13.4. The van der Waals surface area contributed by atoms with E-state index in [1.807, 2.05) is 0 Å². The fourth-order valence-electron chi connectivity index (χ4n) is 2.05. The molecule has 1 saturated carbocycles. The number of carboxylic acid groups (broad SMARTS) is 1. The van der Waals surface area contributed by atoms with Gasteiger partial charge in [-0.25, -0.2) is 9.18 Å². The van der Waals surface area contributed by atoms with Gasteiger partial charge in [-0.1, -0.05) is 6.42 Å². The van der Waals surface area contributed by atoms with Crippen LogP contribution in [-0.4, -0.2) is 16.2 Å². The highest BCUT2D eigenvalue weighted by atomic mass is 35.5. The van der Waals surface area contributed by atoms with E-state index in [4.69, 9.17) is 10.8 Å². The zero-order chi connectivity index (χ0) is 12.6. The Morgan fingerprint density at radius 3 is 2.50 bits per heavy atom. The Morgan fingerprint density at radius 1 is 1.44 bits per heavy atom. The summed E-state index contributed by atoms with van der Waals surface area (Å²) in [6.45, 7) is 0. The van der Waals surface area contributed by atoms with Gasteiger partial charge in [-0.2, -0.15) is 0 Å². The Bertz CT molecular complexity index is 463. The quantitative estimate of drug-likeness (QED) is 0.791. The molecular weight excluding hydrogens is 261 g/mol. The van der Waals surface area contributed by atoms with Gasteiger partial charge in [0.25, 0.3) is 0 Å². The highest BCUT2D eigenvalue weighted by Crippen LogP contribution is 2.39. The molecule has 1 aromatic carbocycles. The number of hydrogen-bond acceptors (Lipinski definition) is 3. The van der Waals surface area contributed by atoms with Crippen LogP contribution in [0.15, 0.2) is 12.1 Å². The molecule has 1 atom stereocenters. The molecule has 1 aliphatic rings. The number of phenolic OH excluding ortho intramolecular Hbond substituents is 1. The van der Waals surface area contributed by atoms with Crippen molar-refractivity contribution in [2.24, 2.45) is 11.7 Å². The van der Waals surface area contributed by atoms with Gasteiger partial charge in [0.05, 0.1) is 5.56 Å². The van der Waals surface area contributed by atoms with Crippen molar-refractivity contribution in [3.05, 3.63) is 29.1 Å². The van der Waals surface area contributed by atoms with Crippen LogP contribution in [0.1, 0.15) is 41.2 Å². The van der Waals surface area contributed by atoms with Gasteiger partial charge >= 0.3 is 5.97 Å². The normalized spacial score (nSPS) is 16.6. The van der Waals surface area contributed by atoms with Crippen molar-refractivity contribution in [3.8, 4) is 5.75 Å². The Balaban J connectivity index is 0.00000162. The lowest BCUT2D eigenvalue weighted by atomic mass is 9.77. The van der Waals surface area contributed by atoms with Crippen LogP contribution in [0.25, 0.3) is 0 Å². The van der Waals surface area contributed by atoms with Gasteiger partial charge in [0.2, 0.25) is 0 Å². The lowest BCUT2D eigenvalue weighted by molar-refractivity contribution is 0.0696. The molecule has 0 radical (unpaired) electrons. The minimum Gasteiger partial charge on any atom is -0.505 e. The molecule has 0 aliphatic heterocycles. The van der Waals surface area contributed by atoms with Gasteiger partial charge in [0, 0.05) is 11.6 Å². The third-order valence-electron chi connectivity index (χ3n) is 3.36. The number of aromatic carboxylic acids is 1. The van der Waals surface area contributed by atoms with E-state index >= 15 is 0 Å². The zero-order valence-electron chi connectivity index (χ0n) is 9.60. The molecule has 1 fully saturated rings. The first kappa shape index (κ1) is 14.7. The fourth-order valence-corrected chi connectivity index (χ4v) is 2.05. The highest BCUT2D eigenvalue weighted by Gasteiger charge is 2.29. The van der Waals surface area contributed by atoms with Crippen LogP contribution in [0.2, 0.25) is 0 Å². The number of carboxylic acids is 1. The second-order valence-corrected chi connectivity index (χ2v) is 4.42. The van der Waals surface area contributed by atoms with Gasteiger partial charge in [-0.15, -0.1) is 12.4 Å². The molecule has 1 aromatic rings. The smallest absolute Gasteiger partial charge is 0.335 e. The summed E-state index contributed by atoms with van der Waals surface area (Å²) in [5, 5.41) is 18.4. The van der Waals surface area contributed by atoms with Gasteiger partial charge in [0.15, 0.2) is 11.6 Å². The molecule has 0 spiro atoms.